The maximum Gasteiger partial charge on any atom is 0.336 e. The van der Waals surface area contributed by atoms with Gasteiger partial charge in [-0.25, -0.2) is 9.59 Å². The van der Waals surface area contributed by atoms with Crippen LogP contribution in [0.4, 0.5) is 0 Å². The zero-order valence-corrected chi connectivity index (χ0v) is 17.4. The molecule has 0 aliphatic heterocycles. The third kappa shape index (κ3) is 4.30. The highest BCUT2D eigenvalue weighted by Gasteiger charge is 2.17. The van der Waals surface area contributed by atoms with E-state index >= 15 is 0 Å². The minimum absolute atomic E-state index is 0.0936. The van der Waals surface area contributed by atoms with Crippen molar-refractivity contribution in [2.75, 3.05) is 0 Å². The summed E-state index contributed by atoms with van der Waals surface area (Å²) in [6, 6.07) is 14.6. The van der Waals surface area contributed by atoms with E-state index in [-0.39, 0.29) is 11.3 Å². The Balaban J connectivity index is 1.93. The second-order valence-corrected chi connectivity index (χ2v) is 7.36. The SMILES string of the molecule is CCCCc1c(Cl)n(CC)c(=O)n1Cc1ccc(-c2ccccc2C(=O)O)cc1. The summed E-state index contributed by atoms with van der Waals surface area (Å²) in [5.41, 5.74) is 3.52. The number of nitrogens with zero attached hydrogens (tertiary/aromatic N) is 2. The number of hydrogen-bond donors (Lipinski definition) is 1. The average Bonchev–Trinajstić information content (AvgIpc) is 2.95. The Kier molecular flexibility index (Phi) is 6.60. The van der Waals surface area contributed by atoms with Crippen molar-refractivity contribution in [2.24, 2.45) is 0 Å². The van der Waals surface area contributed by atoms with Crippen LogP contribution in [0.25, 0.3) is 11.1 Å². The summed E-state index contributed by atoms with van der Waals surface area (Å²) in [5, 5.41) is 9.93. The lowest BCUT2D eigenvalue weighted by molar-refractivity contribution is 0.0697. The van der Waals surface area contributed by atoms with Gasteiger partial charge >= 0.3 is 11.7 Å². The Hall–Kier alpha value is -2.79. The van der Waals surface area contributed by atoms with Gasteiger partial charge < -0.3 is 5.11 Å². The zero-order chi connectivity index (χ0) is 21.0. The highest BCUT2D eigenvalue weighted by Crippen LogP contribution is 2.25. The first-order chi connectivity index (χ1) is 14.0. The van der Waals surface area contributed by atoms with Gasteiger partial charge in [-0.05, 0) is 42.5 Å². The zero-order valence-electron chi connectivity index (χ0n) is 16.7. The quantitative estimate of drug-likeness (QED) is 0.561. The summed E-state index contributed by atoms with van der Waals surface area (Å²) in [5.74, 6) is -0.952. The lowest BCUT2D eigenvalue weighted by atomic mass is 9.99. The van der Waals surface area contributed by atoms with E-state index in [9.17, 15) is 14.7 Å². The summed E-state index contributed by atoms with van der Waals surface area (Å²) in [4.78, 5) is 24.3. The molecule has 0 aliphatic rings. The molecule has 1 aromatic heterocycles. The van der Waals surface area contributed by atoms with E-state index in [1.54, 1.807) is 27.3 Å². The highest BCUT2D eigenvalue weighted by atomic mass is 35.5. The van der Waals surface area contributed by atoms with Crippen LogP contribution in [0.5, 0.6) is 0 Å². The van der Waals surface area contributed by atoms with E-state index < -0.39 is 5.97 Å². The molecule has 0 saturated heterocycles. The molecule has 0 bridgehead atoms. The number of hydrogen-bond acceptors (Lipinski definition) is 2. The van der Waals surface area contributed by atoms with Crippen molar-refractivity contribution >= 4 is 17.6 Å². The van der Waals surface area contributed by atoms with Gasteiger partial charge in [0.15, 0.2) is 0 Å². The fraction of sp³-hybridized carbons (Fsp3) is 0.304. The molecule has 1 heterocycles. The minimum atomic E-state index is -0.952. The Morgan fingerprint density at radius 2 is 1.72 bits per heavy atom. The summed E-state index contributed by atoms with van der Waals surface area (Å²) < 4.78 is 3.35. The fourth-order valence-corrected chi connectivity index (χ4v) is 3.91. The van der Waals surface area contributed by atoms with Gasteiger partial charge in [0.2, 0.25) is 0 Å². The molecule has 0 spiro atoms. The summed E-state index contributed by atoms with van der Waals surface area (Å²) in [6.07, 6.45) is 2.76. The molecule has 0 fully saturated rings. The van der Waals surface area contributed by atoms with Gasteiger partial charge in [-0.1, -0.05) is 67.4 Å². The molecular formula is C23H25ClN2O3. The van der Waals surface area contributed by atoms with E-state index in [0.717, 1.165) is 36.1 Å². The maximum absolute atomic E-state index is 12.8. The van der Waals surface area contributed by atoms with Crippen LogP contribution in [0.3, 0.4) is 0 Å². The monoisotopic (exact) mass is 412 g/mol. The second-order valence-electron chi connectivity index (χ2n) is 7.00. The number of unbranched alkanes of at least 4 members (excludes halogenated alkanes) is 1. The Bertz CT molecular complexity index is 1060. The van der Waals surface area contributed by atoms with Crippen LogP contribution < -0.4 is 5.69 Å². The molecule has 29 heavy (non-hydrogen) atoms. The van der Waals surface area contributed by atoms with Crippen molar-refractivity contribution in [3.05, 3.63) is 81.0 Å². The molecule has 0 saturated carbocycles. The second kappa shape index (κ2) is 9.14. The van der Waals surface area contributed by atoms with Crippen molar-refractivity contribution in [1.29, 1.82) is 0 Å². The van der Waals surface area contributed by atoms with Crippen molar-refractivity contribution in [3.8, 4) is 11.1 Å². The molecule has 2 aromatic carbocycles. The Morgan fingerprint density at radius 3 is 2.34 bits per heavy atom. The largest absolute Gasteiger partial charge is 0.478 e. The Labute approximate surface area is 175 Å². The lowest BCUT2D eigenvalue weighted by Crippen LogP contribution is -2.25. The van der Waals surface area contributed by atoms with E-state index in [1.807, 2.05) is 37.3 Å². The molecule has 0 aliphatic carbocycles. The maximum atomic E-state index is 12.8. The number of rotatable bonds is 8. The van der Waals surface area contributed by atoms with Crippen LogP contribution >= 0.6 is 11.6 Å². The molecule has 1 N–H and O–H groups in total. The van der Waals surface area contributed by atoms with Crippen LogP contribution in [0, 0.1) is 0 Å². The Morgan fingerprint density at radius 1 is 1.03 bits per heavy atom. The predicted molar refractivity (Wildman–Crippen MR) is 116 cm³/mol. The van der Waals surface area contributed by atoms with Crippen LogP contribution in [0.1, 0.15) is 48.3 Å². The third-order valence-corrected chi connectivity index (χ3v) is 5.53. The van der Waals surface area contributed by atoms with Gasteiger partial charge in [0.05, 0.1) is 17.8 Å². The summed E-state index contributed by atoms with van der Waals surface area (Å²) in [6.45, 7) is 5.00. The van der Waals surface area contributed by atoms with Crippen LogP contribution in [-0.2, 0) is 19.5 Å². The summed E-state index contributed by atoms with van der Waals surface area (Å²) >= 11 is 6.48. The van der Waals surface area contributed by atoms with Gasteiger partial charge in [-0.2, -0.15) is 0 Å². The predicted octanol–water partition coefficient (Wildman–Crippen LogP) is 5.08. The van der Waals surface area contributed by atoms with Crippen LogP contribution in [-0.4, -0.2) is 20.2 Å². The first kappa shape index (κ1) is 20.9. The van der Waals surface area contributed by atoms with Gasteiger partial charge in [0, 0.05) is 6.54 Å². The van der Waals surface area contributed by atoms with Crippen LogP contribution in [0.2, 0.25) is 5.15 Å². The molecule has 6 heteroatoms. The van der Waals surface area contributed by atoms with Crippen molar-refractivity contribution in [1.82, 2.24) is 9.13 Å². The number of carboxylic acids is 1. The molecular weight excluding hydrogens is 388 g/mol. The number of carboxylic acid groups (broad SMARTS) is 1. The van der Waals surface area contributed by atoms with Gasteiger partial charge in [0.1, 0.15) is 5.15 Å². The van der Waals surface area contributed by atoms with Crippen LogP contribution in [0.15, 0.2) is 53.3 Å². The normalized spacial score (nSPS) is 11.0. The lowest BCUT2D eigenvalue weighted by Gasteiger charge is -2.10. The highest BCUT2D eigenvalue weighted by molar-refractivity contribution is 6.30. The molecule has 3 rings (SSSR count). The number of aromatic nitrogens is 2. The first-order valence-electron chi connectivity index (χ1n) is 9.87. The van der Waals surface area contributed by atoms with Gasteiger partial charge in [-0.15, -0.1) is 0 Å². The van der Waals surface area contributed by atoms with Gasteiger partial charge in [0.25, 0.3) is 0 Å². The number of aromatic carboxylic acids is 1. The molecule has 0 atom stereocenters. The van der Waals surface area contributed by atoms with Crippen molar-refractivity contribution < 1.29 is 9.90 Å². The minimum Gasteiger partial charge on any atom is -0.478 e. The van der Waals surface area contributed by atoms with E-state index in [2.05, 4.69) is 6.92 Å². The third-order valence-electron chi connectivity index (χ3n) is 5.11. The van der Waals surface area contributed by atoms with E-state index in [4.69, 9.17) is 11.6 Å². The van der Waals surface area contributed by atoms with Crippen molar-refractivity contribution in [2.45, 2.75) is 46.2 Å². The molecule has 3 aromatic rings. The molecule has 0 radical (unpaired) electrons. The molecule has 5 nitrogen and oxygen atoms in total. The number of imidazole rings is 1. The van der Waals surface area contributed by atoms with E-state index in [0.29, 0.717) is 23.8 Å². The molecule has 0 amide bonds. The van der Waals surface area contributed by atoms with Crippen molar-refractivity contribution in [3.63, 3.8) is 0 Å². The standard InChI is InChI=1S/C23H25ClN2O3/c1-3-5-10-20-21(24)25(4-2)23(29)26(20)15-16-11-13-17(14-12-16)18-8-6-7-9-19(18)22(27)28/h6-9,11-14H,3-5,10,15H2,1-2H3,(H,27,28). The summed E-state index contributed by atoms with van der Waals surface area (Å²) in [7, 11) is 0. The van der Waals surface area contributed by atoms with E-state index in [1.165, 1.54) is 0 Å². The molecule has 152 valence electrons. The topological polar surface area (TPSA) is 64.2 Å². The van der Waals surface area contributed by atoms with Gasteiger partial charge in [-0.3, -0.25) is 9.13 Å². The average molecular weight is 413 g/mol. The number of halogens is 1. The smallest absolute Gasteiger partial charge is 0.336 e. The number of carbonyl (C=O) groups is 1. The fourth-order valence-electron chi connectivity index (χ4n) is 3.53. The first-order valence-corrected chi connectivity index (χ1v) is 10.2. The molecule has 0 unspecified atom stereocenters. The number of benzene rings is 2.